The third-order valence-electron chi connectivity index (χ3n) is 5.05. The van der Waals surface area contributed by atoms with Gasteiger partial charge in [0, 0.05) is 18.5 Å². The van der Waals surface area contributed by atoms with Crippen molar-refractivity contribution in [2.24, 2.45) is 5.10 Å². The maximum Gasteiger partial charge on any atom is 0.271 e. The number of sulfonamides is 1. The lowest BCUT2D eigenvalue weighted by Crippen LogP contribution is -2.36. The number of anilines is 3. The second-order valence-corrected chi connectivity index (χ2v) is 9.06. The van der Waals surface area contributed by atoms with Crippen molar-refractivity contribution in [2.75, 3.05) is 22.2 Å². The van der Waals surface area contributed by atoms with E-state index in [2.05, 4.69) is 15.1 Å². The first-order chi connectivity index (χ1) is 16.4. The molecule has 1 aliphatic rings. The van der Waals surface area contributed by atoms with E-state index in [1.807, 2.05) is 6.07 Å². The van der Waals surface area contributed by atoms with E-state index in [-0.39, 0.29) is 35.0 Å². The number of ether oxygens (including phenoxy) is 1. The first-order valence-corrected chi connectivity index (χ1v) is 11.9. The molecule has 4 rings (SSSR count). The Labute approximate surface area is 197 Å². The zero-order valence-corrected chi connectivity index (χ0v) is 19.1. The van der Waals surface area contributed by atoms with Crippen LogP contribution in [0.2, 0.25) is 0 Å². The Hall–Kier alpha value is -4.18. The molecule has 174 valence electrons. The summed E-state index contributed by atoms with van der Waals surface area (Å²) in [5.74, 6) is -0.345. The number of carbonyl (C=O) groups excluding carboxylic acids is 2. The van der Waals surface area contributed by atoms with Crippen molar-refractivity contribution in [3.63, 3.8) is 0 Å². The van der Waals surface area contributed by atoms with Crippen LogP contribution in [0.25, 0.3) is 0 Å². The van der Waals surface area contributed by atoms with Gasteiger partial charge in [0.1, 0.15) is 11.5 Å². The minimum absolute atomic E-state index is 0.0390. The Bertz CT molecular complexity index is 1360. The fourth-order valence-electron chi connectivity index (χ4n) is 3.36. The van der Waals surface area contributed by atoms with E-state index in [0.717, 1.165) is 0 Å². The third kappa shape index (κ3) is 5.07. The zero-order chi connectivity index (χ0) is 24.1. The highest BCUT2D eigenvalue weighted by atomic mass is 32.2. The van der Waals surface area contributed by atoms with Crippen molar-refractivity contribution in [1.29, 1.82) is 0 Å². The molecular weight excluding hydrogens is 456 g/mol. The molecule has 3 aromatic carbocycles. The number of hydrogen-bond donors (Lipinski definition) is 2. The van der Waals surface area contributed by atoms with Gasteiger partial charge in [0.15, 0.2) is 0 Å². The van der Waals surface area contributed by atoms with E-state index < -0.39 is 15.9 Å². The molecule has 0 atom stereocenters. The summed E-state index contributed by atoms with van der Waals surface area (Å²) >= 11 is 0. The molecule has 0 saturated heterocycles. The Morgan fingerprint density at radius 2 is 1.71 bits per heavy atom. The number of nitrogens with one attached hydrogen (secondary N) is 2. The average molecular weight is 479 g/mol. The SMILES string of the molecule is COc1ccccc1NS(=O)(=O)c1cccc(NC(=O)C2=NN(c3ccccc3)C(=O)CC2)c1. The molecule has 1 aliphatic heterocycles. The van der Waals surface area contributed by atoms with E-state index in [1.165, 1.54) is 30.3 Å². The second kappa shape index (κ2) is 9.75. The van der Waals surface area contributed by atoms with Gasteiger partial charge in [0.25, 0.3) is 15.9 Å². The average Bonchev–Trinajstić information content (AvgIpc) is 2.85. The van der Waals surface area contributed by atoms with Gasteiger partial charge >= 0.3 is 0 Å². The highest BCUT2D eigenvalue weighted by Gasteiger charge is 2.26. The highest BCUT2D eigenvalue weighted by Crippen LogP contribution is 2.27. The molecule has 34 heavy (non-hydrogen) atoms. The Morgan fingerprint density at radius 3 is 2.47 bits per heavy atom. The molecular formula is C24H22N4O5S. The zero-order valence-electron chi connectivity index (χ0n) is 18.3. The smallest absolute Gasteiger partial charge is 0.271 e. The maximum absolute atomic E-state index is 12.9. The standard InChI is InChI=1S/C24H22N4O5S/c1-33-22-13-6-5-12-20(22)27-34(31,32)19-11-7-8-17(16-19)25-24(30)21-14-15-23(29)28(26-21)18-9-3-2-4-10-18/h2-13,16,27H,14-15H2,1H3,(H,25,30). The summed E-state index contributed by atoms with van der Waals surface area (Å²) in [6.07, 6.45) is 0.319. The van der Waals surface area contributed by atoms with Crippen molar-refractivity contribution < 1.29 is 22.7 Å². The van der Waals surface area contributed by atoms with Crippen LogP contribution in [0.3, 0.4) is 0 Å². The van der Waals surface area contributed by atoms with Crippen LogP contribution in [0.5, 0.6) is 5.75 Å². The van der Waals surface area contributed by atoms with Crippen molar-refractivity contribution in [2.45, 2.75) is 17.7 Å². The van der Waals surface area contributed by atoms with Crippen molar-refractivity contribution in [1.82, 2.24) is 0 Å². The predicted octanol–water partition coefficient (Wildman–Crippen LogP) is 3.62. The van der Waals surface area contributed by atoms with Gasteiger partial charge in [0.2, 0.25) is 5.91 Å². The van der Waals surface area contributed by atoms with Crippen LogP contribution in [0.15, 0.2) is 88.9 Å². The summed E-state index contributed by atoms with van der Waals surface area (Å²) in [5, 5.41) is 8.10. The van der Waals surface area contributed by atoms with Gasteiger partial charge in [-0.2, -0.15) is 5.10 Å². The molecule has 0 spiro atoms. The lowest BCUT2D eigenvalue weighted by Gasteiger charge is -2.23. The van der Waals surface area contributed by atoms with E-state index in [1.54, 1.807) is 54.6 Å². The van der Waals surface area contributed by atoms with Crippen LogP contribution in [0, 0.1) is 0 Å². The Balaban J connectivity index is 1.53. The van der Waals surface area contributed by atoms with E-state index in [0.29, 0.717) is 17.1 Å². The van der Waals surface area contributed by atoms with Gasteiger partial charge in [-0.05, 0) is 42.5 Å². The quantitative estimate of drug-likeness (QED) is 0.538. The van der Waals surface area contributed by atoms with Gasteiger partial charge in [-0.3, -0.25) is 14.3 Å². The number of rotatable bonds is 7. The third-order valence-corrected chi connectivity index (χ3v) is 6.41. The molecule has 0 unspecified atom stereocenters. The van der Waals surface area contributed by atoms with E-state index in [4.69, 9.17) is 4.74 Å². The van der Waals surface area contributed by atoms with Gasteiger partial charge in [-0.15, -0.1) is 0 Å². The van der Waals surface area contributed by atoms with Crippen LogP contribution in [0.4, 0.5) is 17.1 Å². The summed E-state index contributed by atoms with van der Waals surface area (Å²) in [6, 6.07) is 21.3. The van der Waals surface area contributed by atoms with Crippen LogP contribution >= 0.6 is 0 Å². The van der Waals surface area contributed by atoms with Crippen molar-refractivity contribution in [3.05, 3.63) is 78.9 Å². The van der Waals surface area contributed by atoms with Crippen LogP contribution in [-0.4, -0.2) is 33.1 Å². The number of hydrogen-bond acceptors (Lipinski definition) is 6. The summed E-state index contributed by atoms with van der Waals surface area (Å²) in [6.45, 7) is 0. The summed E-state index contributed by atoms with van der Waals surface area (Å²) in [5.41, 5.74) is 1.30. The fourth-order valence-corrected chi connectivity index (χ4v) is 4.48. The minimum atomic E-state index is -3.95. The van der Waals surface area contributed by atoms with Gasteiger partial charge in [0.05, 0.1) is 23.4 Å². The summed E-state index contributed by atoms with van der Waals surface area (Å²) in [4.78, 5) is 25.1. The first kappa shape index (κ1) is 23.0. The molecule has 2 amide bonds. The molecule has 0 aliphatic carbocycles. The molecule has 0 bridgehead atoms. The van der Waals surface area contributed by atoms with Crippen LogP contribution in [-0.2, 0) is 19.6 Å². The normalized spacial score (nSPS) is 13.7. The lowest BCUT2D eigenvalue weighted by atomic mass is 10.1. The van der Waals surface area contributed by atoms with Gasteiger partial charge in [-0.25, -0.2) is 13.4 Å². The fraction of sp³-hybridized carbons (Fsp3) is 0.125. The van der Waals surface area contributed by atoms with E-state index in [9.17, 15) is 18.0 Å². The molecule has 2 N–H and O–H groups in total. The van der Waals surface area contributed by atoms with Gasteiger partial charge < -0.3 is 10.1 Å². The molecule has 1 heterocycles. The lowest BCUT2D eigenvalue weighted by molar-refractivity contribution is -0.118. The number of carbonyl (C=O) groups is 2. The molecule has 3 aromatic rings. The molecule has 0 saturated carbocycles. The van der Waals surface area contributed by atoms with Gasteiger partial charge in [-0.1, -0.05) is 36.4 Å². The number of amides is 2. The summed E-state index contributed by atoms with van der Waals surface area (Å²) in [7, 11) is -2.50. The highest BCUT2D eigenvalue weighted by molar-refractivity contribution is 7.92. The Kier molecular flexibility index (Phi) is 6.60. The maximum atomic E-state index is 12.9. The molecule has 0 radical (unpaired) electrons. The van der Waals surface area contributed by atoms with Crippen molar-refractivity contribution in [3.8, 4) is 5.75 Å². The molecule has 0 aromatic heterocycles. The van der Waals surface area contributed by atoms with E-state index >= 15 is 0 Å². The minimum Gasteiger partial charge on any atom is -0.495 e. The largest absolute Gasteiger partial charge is 0.495 e. The number of hydrazone groups is 1. The Morgan fingerprint density at radius 1 is 0.971 bits per heavy atom. The number of nitrogens with zero attached hydrogens (tertiary/aromatic N) is 2. The first-order valence-electron chi connectivity index (χ1n) is 10.4. The van der Waals surface area contributed by atoms with Crippen LogP contribution in [0.1, 0.15) is 12.8 Å². The summed E-state index contributed by atoms with van der Waals surface area (Å²) < 4.78 is 33.5. The molecule has 10 heteroatoms. The molecule has 9 nitrogen and oxygen atoms in total. The van der Waals surface area contributed by atoms with Crippen molar-refractivity contribution >= 4 is 44.6 Å². The number of benzene rings is 3. The number of methoxy groups -OCH3 is 1. The second-order valence-electron chi connectivity index (χ2n) is 7.38. The number of para-hydroxylation sites is 3. The molecule has 0 fully saturated rings. The monoisotopic (exact) mass is 478 g/mol. The van der Waals surface area contributed by atoms with Crippen LogP contribution < -0.4 is 19.8 Å². The topological polar surface area (TPSA) is 117 Å². The predicted molar refractivity (Wildman–Crippen MR) is 129 cm³/mol.